The number of rotatable bonds is 0. The molecule has 0 amide bonds. The van der Waals surface area contributed by atoms with Crippen molar-refractivity contribution in [1.29, 1.82) is 0 Å². The second kappa shape index (κ2) is 6.50. The summed E-state index contributed by atoms with van der Waals surface area (Å²) in [5.74, 6) is 0. The predicted octanol–water partition coefficient (Wildman–Crippen LogP) is 11.5. The van der Waals surface area contributed by atoms with E-state index in [1.165, 1.54) is 108 Å². The van der Waals surface area contributed by atoms with Crippen molar-refractivity contribution < 1.29 is 0 Å². The minimum Gasteiger partial charge on any atom is -0.0610 e. The Bertz CT molecular complexity index is 2640. The standard InChI is InChI=1S/C40H20/c1-7-21-9-3-15-27-33(21)25(13-1)31-19-23-11-5-18-30-35(23)39(37(27)31)29-17-6-12-24-20-32-26-14-2-8-22-10-4-16-28(34(22)26)38(32)40(30)36(24)29/h1-20H. The molecule has 0 bridgehead atoms. The smallest absolute Gasteiger partial charge is 0.000762 e. The zero-order valence-electron chi connectivity index (χ0n) is 21.5. The van der Waals surface area contributed by atoms with Crippen LogP contribution in [0, 0.1) is 0 Å². The van der Waals surface area contributed by atoms with Crippen LogP contribution in [0.3, 0.4) is 0 Å². The predicted molar refractivity (Wildman–Crippen MR) is 175 cm³/mol. The molecule has 0 aromatic heterocycles. The van der Waals surface area contributed by atoms with Gasteiger partial charge in [-0.05, 0) is 120 Å². The molecule has 0 saturated carbocycles. The van der Waals surface area contributed by atoms with Crippen LogP contribution in [0.1, 0.15) is 0 Å². The Hall–Kier alpha value is -5.20. The Kier molecular flexibility index (Phi) is 3.22. The lowest BCUT2D eigenvalue weighted by Crippen LogP contribution is -1.88. The van der Waals surface area contributed by atoms with E-state index in [4.69, 9.17) is 0 Å². The van der Waals surface area contributed by atoms with Gasteiger partial charge in [0.15, 0.2) is 0 Å². The largest absolute Gasteiger partial charge is 0.0610 e. The summed E-state index contributed by atoms with van der Waals surface area (Å²) in [6, 6.07) is 46.0. The fourth-order valence-electron chi connectivity index (χ4n) is 8.40. The third-order valence-electron chi connectivity index (χ3n) is 9.80. The van der Waals surface area contributed by atoms with Gasteiger partial charge in [-0.2, -0.15) is 0 Å². The van der Waals surface area contributed by atoms with Crippen molar-refractivity contribution in [3.8, 4) is 0 Å². The van der Waals surface area contributed by atoms with E-state index < -0.39 is 0 Å². The van der Waals surface area contributed by atoms with Gasteiger partial charge in [-0.25, -0.2) is 0 Å². The maximum Gasteiger partial charge on any atom is -0.000762 e. The highest BCUT2D eigenvalue weighted by molar-refractivity contribution is 6.49. The zero-order valence-corrected chi connectivity index (χ0v) is 21.5. The third-order valence-corrected chi connectivity index (χ3v) is 9.80. The molecule has 0 heteroatoms. The summed E-state index contributed by atoms with van der Waals surface area (Å²) < 4.78 is 0. The average Bonchev–Trinajstić information content (AvgIpc) is 3.50. The Balaban J connectivity index is 1.55. The molecule has 0 nitrogen and oxygen atoms in total. The molecule has 0 aliphatic carbocycles. The first-order valence-electron chi connectivity index (χ1n) is 14.1. The molecule has 0 aliphatic heterocycles. The second-order valence-corrected chi connectivity index (χ2v) is 11.6. The third kappa shape index (κ3) is 2.06. The summed E-state index contributed by atoms with van der Waals surface area (Å²) in [5, 5.41) is 27.4. The van der Waals surface area contributed by atoms with E-state index in [0.717, 1.165) is 0 Å². The van der Waals surface area contributed by atoms with Gasteiger partial charge in [0, 0.05) is 0 Å². The van der Waals surface area contributed by atoms with E-state index in [0.29, 0.717) is 0 Å². The fourth-order valence-corrected chi connectivity index (χ4v) is 8.40. The molecule has 11 aromatic rings. The van der Waals surface area contributed by atoms with Gasteiger partial charge in [0.05, 0.1) is 0 Å². The second-order valence-electron chi connectivity index (χ2n) is 11.6. The lowest BCUT2D eigenvalue weighted by molar-refractivity contribution is 1.85. The Morgan fingerprint density at radius 1 is 0.200 bits per heavy atom. The van der Waals surface area contributed by atoms with E-state index in [1.54, 1.807) is 0 Å². The first kappa shape index (κ1) is 19.8. The van der Waals surface area contributed by atoms with Crippen LogP contribution >= 0.6 is 0 Å². The molecule has 0 heterocycles. The first-order chi connectivity index (χ1) is 19.9. The van der Waals surface area contributed by atoms with Gasteiger partial charge in [-0.3, -0.25) is 0 Å². The lowest BCUT2D eigenvalue weighted by atomic mass is 9.85. The minimum atomic E-state index is 1.32. The van der Waals surface area contributed by atoms with Crippen LogP contribution in [-0.2, 0) is 0 Å². The molecule has 0 saturated heterocycles. The lowest BCUT2D eigenvalue weighted by Gasteiger charge is -2.17. The highest BCUT2D eigenvalue weighted by atomic mass is 14.3. The molecule has 11 rings (SSSR count). The van der Waals surface area contributed by atoms with Gasteiger partial charge in [-0.1, -0.05) is 109 Å². The molecule has 0 radical (unpaired) electrons. The highest BCUT2D eigenvalue weighted by Crippen LogP contribution is 2.52. The molecular weight excluding hydrogens is 480 g/mol. The van der Waals surface area contributed by atoms with Crippen molar-refractivity contribution in [2.45, 2.75) is 0 Å². The molecule has 40 heavy (non-hydrogen) atoms. The van der Waals surface area contributed by atoms with Gasteiger partial charge in [0.1, 0.15) is 0 Å². The summed E-state index contributed by atoms with van der Waals surface area (Å²) in [4.78, 5) is 0. The molecule has 0 unspecified atom stereocenters. The molecule has 180 valence electrons. The van der Waals surface area contributed by atoms with Gasteiger partial charge < -0.3 is 0 Å². The van der Waals surface area contributed by atoms with Crippen LogP contribution in [-0.4, -0.2) is 0 Å². The first-order valence-corrected chi connectivity index (χ1v) is 14.1. The van der Waals surface area contributed by atoms with Crippen LogP contribution in [0.2, 0.25) is 0 Å². The van der Waals surface area contributed by atoms with Crippen LogP contribution < -0.4 is 0 Å². The maximum atomic E-state index is 2.45. The topological polar surface area (TPSA) is 0 Å². The van der Waals surface area contributed by atoms with Gasteiger partial charge in [0.2, 0.25) is 0 Å². The molecular formula is C40H20. The fraction of sp³-hybridized carbons (Fsp3) is 0. The number of hydrogen-bond donors (Lipinski definition) is 0. The van der Waals surface area contributed by atoms with Crippen molar-refractivity contribution in [1.82, 2.24) is 0 Å². The summed E-state index contributed by atoms with van der Waals surface area (Å²) in [5.41, 5.74) is 0. The Morgan fingerprint density at radius 3 is 0.925 bits per heavy atom. The summed E-state index contributed by atoms with van der Waals surface area (Å²) in [6.07, 6.45) is 0. The van der Waals surface area contributed by atoms with Crippen molar-refractivity contribution >= 4 is 108 Å². The summed E-state index contributed by atoms with van der Waals surface area (Å²) in [6.45, 7) is 0. The van der Waals surface area contributed by atoms with E-state index in [1.807, 2.05) is 0 Å². The normalized spacial score (nSPS) is 13.0. The van der Waals surface area contributed by atoms with Crippen LogP contribution in [0.15, 0.2) is 121 Å². The van der Waals surface area contributed by atoms with Gasteiger partial charge >= 0.3 is 0 Å². The quantitative estimate of drug-likeness (QED) is 0.143. The van der Waals surface area contributed by atoms with E-state index >= 15 is 0 Å². The molecule has 0 atom stereocenters. The van der Waals surface area contributed by atoms with E-state index in [2.05, 4.69) is 121 Å². The van der Waals surface area contributed by atoms with Gasteiger partial charge in [-0.15, -0.1) is 0 Å². The Morgan fingerprint density at radius 2 is 0.525 bits per heavy atom. The summed E-state index contributed by atoms with van der Waals surface area (Å²) in [7, 11) is 0. The Labute approximate surface area is 228 Å². The average molecular weight is 501 g/mol. The van der Waals surface area contributed by atoms with E-state index in [9.17, 15) is 0 Å². The summed E-state index contributed by atoms with van der Waals surface area (Å²) >= 11 is 0. The van der Waals surface area contributed by atoms with Gasteiger partial charge in [0.25, 0.3) is 0 Å². The van der Waals surface area contributed by atoms with Crippen LogP contribution in [0.4, 0.5) is 0 Å². The minimum absolute atomic E-state index is 1.32. The maximum absolute atomic E-state index is 2.45. The highest BCUT2D eigenvalue weighted by Gasteiger charge is 2.23. The zero-order chi connectivity index (χ0) is 25.7. The number of fused-ring (bicyclic) bond motifs is 10. The number of benzene rings is 9. The van der Waals surface area contributed by atoms with Crippen LogP contribution in [0.5, 0.6) is 0 Å². The molecule has 0 N–H and O–H groups in total. The van der Waals surface area contributed by atoms with Crippen molar-refractivity contribution in [3.63, 3.8) is 0 Å². The van der Waals surface area contributed by atoms with Crippen molar-refractivity contribution in [2.75, 3.05) is 0 Å². The SMILES string of the molecule is c1cc2cccc3c2c(c1)c1cc2cccc4c2c(c2cccc5cc6c7cccc8cccc(c87)c6c4c52)c13. The number of hydrogen-bond acceptors (Lipinski definition) is 0. The van der Waals surface area contributed by atoms with Crippen molar-refractivity contribution in [2.24, 2.45) is 0 Å². The molecule has 0 spiro atoms. The van der Waals surface area contributed by atoms with Crippen LogP contribution in [0.25, 0.3) is 108 Å². The van der Waals surface area contributed by atoms with Crippen molar-refractivity contribution in [3.05, 3.63) is 121 Å². The molecule has 0 aliphatic rings. The monoisotopic (exact) mass is 500 g/mol. The molecule has 0 fully saturated rings. The molecule has 11 aromatic carbocycles. The van der Waals surface area contributed by atoms with E-state index in [-0.39, 0.29) is 0 Å².